The van der Waals surface area contributed by atoms with Crippen molar-refractivity contribution in [2.24, 2.45) is 0 Å². The lowest BCUT2D eigenvalue weighted by Gasteiger charge is -2.27. The maximum absolute atomic E-state index is 5.86. The Kier molecular flexibility index (Phi) is 8.74. The van der Waals surface area contributed by atoms with Crippen molar-refractivity contribution in [3.8, 4) is 5.75 Å². The Bertz CT molecular complexity index is 392. The third-order valence-electron chi connectivity index (χ3n) is 3.87. The van der Waals surface area contributed by atoms with Crippen LogP contribution in [0.4, 0.5) is 0 Å². The molecule has 0 saturated carbocycles. The minimum absolute atomic E-state index is 0. The Morgan fingerprint density at radius 1 is 1.19 bits per heavy atom. The Morgan fingerprint density at radius 2 is 1.95 bits per heavy atom. The second kappa shape index (κ2) is 10.0. The van der Waals surface area contributed by atoms with E-state index in [1.54, 1.807) is 0 Å². The van der Waals surface area contributed by atoms with E-state index in [2.05, 4.69) is 48.3 Å². The summed E-state index contributed by atoms with van der Waals surface area (Å²) >= 11 is 0. The highest BCUT2D eigenvalue weighted by Gasteiger charge is 2.08. The summed E-state index contributed by atoms with van der Waals surface area (Å²) in [7, 11) is 0. The van der Waals surface area contributed by atoms with Crippen molar-refractivity contribution >= 4 is 12.4 Å². The van der Waals surface area contributed by atoms with Gasteiger partial charge in [0.2, 0.25) is 0 Å². The molecule has 1 aromatic rings. The van der Waals surface area contributed by atoms with Crippen LogP contribution in [0.25, 0.3) is 0 Å². The highest BCUT2D eigenvalue weighted by molar-refractivity contribution is 5.85. The number of hydrogen-bond acceptors (Lipinski definition) is 3. The molecule has 1 heterocycles. The van der Waals surface area contributed by atoms with E-state index in [4.69, 9.17) is 4.74 Å². The van der Waals surface area contributed by atoms with E-state index in [9.17, 15) is 0 Å². The van der Waals surface area contributed by atoms with Gasteiger partial charge in [0.25, 0.3) is 0 Å². The topological polar surface area (TPSA) is 24.5 Å². The van der Waals surface area contributed by atoms with Gasteiger partial charge >= 0.3 is 0 Å². The zero-order valence-electron chi connectivity index (χ0n) is 13.3. The summed E-state index contributed by atoms with van der Waals surface area (Å²) < 4.78 is 5.86. The van der Waals surface area contributed by atoms with Gasteiger partial charge in [0.15, 0.2) is 0 Å². The monoisotopic (exact) mass is 312 g/mol. The van der Waals surface area contributed by atoms with Gasteiger partial charge in [-0.15, -0.1) is 12.4 Å². The van der Waals surface area contributed by atoms with Gasteiger partial charge in [-0.2, -0.15) is 0 Å². The third kappa shape index (κ3) is 6.68. The van der Waals surface area contributed by atoms with Crippen LogP contribution in [0.5, 0.6) is 5.75 Å². The summed E-state index contributed by atoms with van der Waals surface area (Å²) in [5.74, 6) is 1.57. The van der Waals surface area contributed by atoms with Crippen LogP contribution >= 0.6 is 12.4 Å². The number of benzene rings is 1. The molecule has 0 radical (unpaired) electrons. The summed E-state index contributed by atoms with van der Waals surface area (Å²) in [5.41, 5.74) is 1.35. The second-order valence-electron chi connectivity index (χ2n) is 5.87. The summed E-state index contributed by atoms with van der Waals surface area (Å²) in [5, 5.41) is 3.39. The van der Waals surface area contributed by atoms with E-state index >= 15 is 0 Å². The molecule has 0 bridgehead atoms. The van der Waals surface area contributed by atoms with Gasteiger partial charge in [0.05, 0.1) is 6.61 Å². The number of nitrogens with one attached hydrogen (secondary N) is 1. The van der Waals surface area contributed by atoms with Crippen LogP contribution in [0.15, 0.2) is 24.3 Å². The van der Waals surface area contributed by atoms with Gasteiger partial charge in [-0.25, -0.2) is 0 Å². The Morgan fingerprint density at radius 3 is 2.67 bits per heavy atom. The average Bonchev–Trinajstić information content (AvgIpc) is 2.48. The third-order valence-corrected chi connectivity index (χ3v) is 3.87. The lowest BCUT2D eigenvalue weighted by molar-refractivity contribution is 0.226. The minimum Gasteiger partial charge on any atom is -0.494 e. The largest absolute Gasteiger partial charge is 0.494 e. The smallest absolute Gasteiger partial charge is 0.119 e. The van der Waals surface area contributed by atoms with E-state index in [0.717, 1.165) is 31.9 Å². The van der Waals surface area contributed by atoms with Crippen LogP contribution in [0.2, 0.25) is 0 Å². The van der Waals surface area contributed by atoms with E-state index in [1.165, 1.54) is 31.6 Å². The molecule has 1 aromatic carbocycles. The number of unbranched alkanes of at least 4 members (excludes halogenated alkanes) is 1. The Balaban J connectivity index is 0.00000220. The van der Waals surface area contributed by atoms with Crippen molar-refractivity contribution < 1.29 is 4.74 Å². The zero-order valence-corrected chi connectivity index (χ0v) is 14.1. The zero-order chi connectivity index (χ0) is 14.2. The number of ether oxygens (including phenoxy) is 1. The van der Waals surface area contributed by atoms with Crippen LogP contribution in [-0.2, 0) is 0 Å². The first-order valence-electron chi connectivity index (χ1n) is 7.91. The molecular formula is C17H29ClN2O. The fraction of sp³-hybridized carbons (Fsp3) is 0.647. The van der Waals surface area contributed by atoms with Crippen LogP contribution in [-0.4, -0.2) is 44.2 Å². The van der Waals surface area contributed by atoms with Gasteiger partial charge in [-0.1, -0.05) is 26.0 Å². The number of halogens is 1. The molecule has 0 aromatic heterocycles. The molecule has 0 aliphatic carbocycles. The van der Waals surface area contributed by atoms with Gasteiger partial charge in [0, 0.05) is 26.2 Å². The number of nitrogens with zero attached hydrogens (tertiary/aromatic N) is 1. The molecule has 0 atom stereocenters. The first-order valence-corrected chi connectivity index (χ1v) is 7.91. The quantitative estimate of drug-likeness (QED) is 0.782. The van der Waals surface area contributed by atoms with Crippen LogP contribution in [0.1, 0.15) is 38.2 Å². The standard InChI is InChI=1S/C17H28N2O.ClH/c1-15(2)16-6-5-7-17(14-16)20-13-4-3-10-19-11-8-18-9-12-19;/h5-7,14-15,18H,3-4,8-13H2,1-2H3;1H. The van der Waals surface area contributed by atoms with E-state index < -0.39 is 0 Å². The molecule has 2 rings (SSSR count). The van der Waals surface area contributed by atoms with E-state index in [-0.39, 0.29) is 12.4 Å². The summed E-state index contributed by atoms with van der Waals surface area (Å²) in [6, 6.07) is 8.48. The molecule has 1 saturated heterocycles. The SMILES string of the molecule is CC(C)c1cccc(OCCCCN2CCNCC2)c1.Cl. The van der Waals surface area contributed by atoms with Gasteiger partial charge in [-0.3, -0.25) is 0 Å². The minimum atomic E-state index is 0. The van der Waals surface area contributed by atoms with Crippen molar-refractivity contribution in [2.45, 2.75) is 32.6 Å². The second-order valence-corrected chi connectivity index (χ2v) is 5.87. The molecule has 1 N–H and O–H groups in total. The predicted octanol–water partition coefficient (Wildman–Crippen LogP) is 3.30. The van der Waals surface area contributed by atoms with Gasteiger partial charge in [0.1, 0.15) is 5.75 Å². The summed E-state index contributed by atoms with van der Waals surface area (Å²) in [6.07, 6.45) is 2.36. The molecule has 4 heteroatoms. The van der Waals surface area contributed by atoms with Gasteiger partial charge < -0.3 is 15.0 Å². The predicted molar refractivity (Wildman–Crippen MR) is 91.8 cm³/mol. The fourth-order valence-corrected chi connectivity index (χ4v) is 2.53. The summed E-state index contributed by atoms with van der Waals surface area (Å²) in [4.78, 5) is 2.54. The average molecular weight is 313 g/mol. The Labute approximate surface area is 135 Å². The van der Waals surface area contributed by atoms with Crippen molar-refractivity contribution in [1.82, 2.24) is 10.2 Å². The Hall–Kier alpha value is -0.770. The lowest BCUT2D eigenvalue weighted by Crippen LogP contribution is -2.43. The van der Waals surface area contributed by atoms with E-state index in [1.807, 2.05) is 0 Å². The molecule has 21 heavy (non-hydrogen) atoms. The maximum atomic E-state index is 5.86. The first kappa shape index (κ1) is 18.3. The number of rotatable bonds is 7. The van der Waals surface area contributed by atoms with Crippen LogP contribution in [0, 0.1) is 0 Å². The number of piperazine rings is 1. The van der Waals surface area contributed by atoms with E-state index in [0.29, 0.717) is 5.92 Å². The fourth-order valence-electron chi connectivity index (χ4n) is 2.53. The molecule has 1 fully saturated rings. The van der Waals surface area contributed by atoms with Crippen molar-refractivity contribution in [2.75, 3.05) is 39.3 Å². The molecule has 0 unspecified atom stereocenters. The highest BCUT2D eigenvalue weighted by Crippen LogP contribution is 2.20. The molecule has 0 spiro atoms. The molecule has 120 valence electrons. The van der Waals surface area contributed by atoms with Crippen molar-refractivity contribution in [1.29, 1.82) is 0 Å². The van der Waals surface area contributed by atoms with Crippen LogP contribution < -0.4 is 10.1 Å². The summed E-state index contributed by atoms with van der Waals surface area (Å²) in [6.45, 7) is 11.1. The maximum Gasteiger partial charge on any atom is 0.119 e. The molecular weight excluding hydrogens is 284 g/mol. The van der Waals surface area contributed by atoms with Crippen molar-refractivity contribution in [3.05, 3.63) is 29.8 Å². The molecule has 1 aliphatic rings. The first-order chi connectivity index (χ1) is 9.75. The van der Waals surface area contributed by atoms with Crippen molar-refractivity contribution in [3.63, 3.8) is 0 Å². The number of hydrogen-bond donors (Lipinski definition) is 1. The molecule has 1 aliphatic heterocycles. The molecule has 3 nitrogen and oxygen atoms in total. The highest BCUT2D eigenvalue weighted by atomic mass is 35.5. The van der Waals surface area contributed by atoms with Gasteiger partial charge in [-0.05, 0) is 43.0 Å². The lowest BCUT2D eigenvalue weighted by atomic mass is 10.0. The molecule has 0 amide bonds. The normalized spacial score (nSPS) is 15.8. The van der Waals surface area contributed by atoms with Crippen LogP contribution in [0.3, 0.4) is 0 Å².